The molecule has 42 heavy (non-hydrogen) atoms. The fraction of sp³-hybridized carbons (Fsp3) is 0.414. The number of ether oxygens (including phenoxy) is 1. The average molecular weight is 615 g/mol. The number of halogens is 2. The molecule has 0 bridgehead atoms. The van der Waals surface area contributed by atoms with Crippen molar-refractivity contribution >= 4 is 46.8 Å². The van der Waals surface area contributed by atoms with E-state index in [1.54, 1.807) is 25.3 Å². The molecule has 13 heteroatoms. The van der Waals surface area contributed by atoms with E-state index in [9.17, 15) is 14.7 Å². The molecule has 1 saturated heterocycles. The molecule has 222 valence electrons. The Balaban J connectivity index is 1.30. The number of amides is 2. The average Bonchev–Trinajstić information content (AvgIpc) is 3.33. The number of fused-ring (bicyclic) bond motifs is 1. The molecule has 1 fully saturated rings. The second-order valence-electron chi connectivity index (χ2n) is 10.3. The van der Waals surface area contributed by atoms with Crippen molar-refractivity contribution in [3.8, 4) is 11.3 Å². The summed E-state index contributed by atoms with van der Waals surface area (Å²) in [6.45, 7) is 5.50. The molecule has 0 aliphatic carbocycles. The molecule has 2 atom stereocenters. The van der Waals surface area contributed by atoms with Gasteiger partial charge in [0.2, 0.25) is 11.9 Å². The van der Waals surface area contributed by atoms with E-state index in [1.807, 2.05) is 19.1 Å². The number of aliphatic hydroxyl groups is 1. The van der Waals surface area contributed by atoms with Crippen LogP contribution in [0.15, 0.2) is 36.7 Å². The van der Waals surface area contributed by atoms with Gasteiger partial charge in [-0.25, -0.2) is 15.0 Å². The number of benzene rings is 1. The summed E-state index contributed by atoms with van der Waals surface area (Å²) in [4.78, 5) is 41.5. The highest BCUT2D eigenvalue weighted by Crippen LogP contribution is 2.33. The Bertz CT molecular complexity index is 1470. The van der Waals surface area contributed by atoms with E-state index < -0.39 is 18.0 Å². The number of hydrogen-bond donors (Lipinski definition) is 4. The van der Waals surface area contributed by atoms with Gasteiger partial charge in [-0.05, 0) is 44.4 Å². The monoisotopic (exact) mass is 613 g/mol. The number of hydrogen-bond acceptors (Lipinski definition) is 9. The SMILES string of the molecule is CCNc1cc([C@@H](CO)NC(=O)[C@@H](C)N2Cc3ccc(-c4nc(NC5CCOCC5)ncc4Cl)cc3C2=O)c(Cl)cn1. The lowest BCUT2D eigenvalue weighted by Crippen LogP contribution is -2.46. The van der Waals surface area contributed by atoms with Crippen LogP contribution in [0, 0.1) is 0 Å². The zero-order chi connectivity index (χ0) is 29.8. The smallest absolute Gasteiger partial charge is 0.255 e. The number of carbonyl (C=O) groups is 2. The predicted molar refractivity (Wildman–Crippen MR) is 161 cm³/mol. The van der Waals surface area contributed by atoms with Crippen molar-refractivity contribution in [3.63, 3.8) is 0 Å². The summed E-state index contributed by atoms with van der Waals surface area (Å²) in [5, 5.41) is 20.0. The van der Waals surface area contributed by atoms with Crippen molar-refractivity contribution in [2.24, 2.45) is 0 Å². The van der Waals surface area contributed by atoms with Gasteiger partial charge in [-0.2, -0.15) is 0 Å². The number of nitrogens with zero attached hydrogens (tertiary/aromatic N) is 4. The van der Waals surface area contributed by atoms with E-state index in [0.717, 1.165) is 18.4 Å². The molecule has 3 aromatic rings. The van der Waals surface area contributed by atoms with Crippen LogP contribution >= 0.6 is 23.2 Å². The normalized spacial score (nSPS) is 16.6. The molecule has 2 aliphatic heterocycles. The lowest BCUT2D eigenvalue weighted by molar-refractivity contribution is -0.126. The Morgan fingerprint density at radius 3 is 2.67 bits per heavy atom. The number of rotatable bonds is 10. The van der Waals surface area contributed by atoms with Gasteiger partial charge in [0.1, 0.15) is 11.9 Å². The zero-order valence-corrected chi connectivity index (χ0v) is 24.9. The second-order valence-corrected chi connectivity index (χ2v) is 11.1. The minimum atomic E-state index is -0.811. The van der Waals surface area contributed by atoms with Crippen molar-refractivity contribution in [1.82, 2.24) is 25.2 Å². The van der Waals surface area contributed by atoms with Crippen LogP contribution in [0.25, 0.3) is 11.3 Å². The molecular weight excluding hydrogens is 581 g/mol. The van der Waals surface area contributed by atoms with Gasteiger partial charge in [0.15, 0.2) is 0 Å². The van der Waals surface area contributed by atoms with Crippen molar-refractivity contribution in [2.45, 2.75) is 51.4 Å². The van der Waals surface area contributed by atoms with Gasteiger partial charge < -0.3 is 30.7 Å². The third-order valence-corrected chi connectivity index (χ3v) is 8.07. The number of pyridine rings is 1. The predicted octanol–water partition coefficient (Wildman–Crippen LogP) is 4.06. The van der Waals surface area contributed by atoms with Gasteiger partial charge >= 0.3 is 0 Å². The summed E-state index contributed by atoms with van der Waals surface area (Å²) >= 11 is 12.8. The highest BCUT2D eigenvalue weighted by Gasteiger charge is 2.35. The Labute approximate surface area is 254 Å². The van der Waals surface area contributed by atoms with Gasteiger partial charge in [-0.1, -0.05) is 35.3 Å². The first-order valence-corrected chi connectivity index (χ1v) is 14.7. The molecule has 2 aliphatic rings. The molecule has 0 radical (unpaired) electrons. The minimum Gasteiger partial charge on any atom is -0.394 e. The molecule has 1 aromatic carbocycles. The lowest BCUT2D eigenvalue weighted by atomic mass is 10.0. The van der Waals surface area contributed by atoms with E-state index >= 15 is 0 Å². The zero-order valence-electron chi connectivity index (χ0n) is 23.4. The second kappa shape index (κ2) is 13.2. The third kappa shape index (κ3) is 6.44. The van der Waals surface area contributed by atoms with Crippen LogP contribution in [0.4, 0.5) is 11.8 Å². The molecule has 11 nitrogen and oxygen atoms in total. The number of nitrogens with one attached hydrogen (secondary N) is 3. The Morgan fingerprint density at radius 1 is 1.17 bits per heavy atom. The minimum absolute atomic E-state index is 0.214. The molecule has 0 spiro atoms. The molecule has 0 saturated carbocycles. The quantitative estimate of drug-likeness (QED) is 0.266. The van der Waals surface area contributed by atoms with Gasteiger partial charge in [-0.15, -0.1) is 0 Å². The Hall–Kier alpha value is -3.51. The van der Waals surface area contributed by atoms with E-state index in [1.165, 1.54) is 11.1 Å². The summed E-state index contributed by atoms with van der Waals surface area (Å²) in [5.41, 5.74) is 2.98. The number of aromatic nitrogens is 3. The van der Waals surface area contributed by atoms with E-state index in [0.29, 0.717) is 64.0 Å². The highest BCUT2D eigenvalue weighted by molar-refractivity contribution is 6.33. The lowest BCUT2D eigenvalue weighted by Gasteiger charge is -2.26. The molecule has 2 aromatic heterocycles. The summed E-state index contributed by atoms with van der Waals surface area (Å²) in [6, 6.07) is 5.79. The van der Waals surface area contributed by atoms with Crippen LogP contribution in [0.3, 0.4) is 0 Å². The fourth-order valence-corrected chi connectivity index (χ4v) is 5.54. The number of aliphatic hydroxyl groups excluding tert-OH is 1. The van der Waals surface area contributed by atoms with E-state index in [-0.39, 0.29) is 25.1 Å². The molecule has 4 N–H and O–H groups in total. The summed E-state index contributed by atoms with van der Waals surface area (Å²) in [6.07, 6.45) is 4.75. The van der Waals surface area contributed by atoms with Gasteiger partial charge in [0.25, 0.3) is 5.91 Å². The molecule has 4 heterocycles. The van der Waals surface area contributed by atoms with E-state index in [2.05, 4.69) is 30.9 Å². The molecule has 5 rings (SSSR count). The fourth-order valence-electron chi connectivity index (χ4n) is 5.10. The largest absolute Gasteiger partial charge is 0.394 e. The van der Waals surface area contributed by atoms with Crippen LogP contribution in [0.1, 0.15) is 54.2 Å². The highest BCUT2D eigenvalue weighted by atomic mass is 35.5. The summed E-state index contributed by atoms with van der Waals surface area (Å²) < 4.78 is 5.42. The maximum Gasteiger partial charge on any atom is 0.255 e. The van der Waals surface area contributed by atoms with Crippen LogP contribution < -0.4 is 16.0 Å². The van der Waals surface area contributed by atoms with E-state index in [4.69, 9.17) is 27.9 Å². The van der Waals surface area contributed by atoms with Crippen molar-refractivity contribution < 1.29 is 19.4 Å². The Morgan fingerprint density at radius 2 is 1.93 bits per heavy atom. The first-order chi connectivity index (χ1) is 20.3. The summed E-state index contributed by atoms with van der Waals surface area (Å²) in [7, 11) is 0. The van der Waals surface area contributed by atoms with Gasteiger partial charge in [-0.3, -0.25) is 9.59 Å². The van der Waals surface area contributed by atoms with Crippen molar-refractivity contribution in [1.29, 1.82) is 0 Å². The summed E-state index contributed by atoms with van der Waals surface area (Å²) in [5.74, 6) is 0.340. The van der Waals surface area contributed by atoms with Crippen LogP contribution in [-0.4, -0.2) is 75.2 Å². The molecule has 2 amide bonds. The van der Waals surface area contributed by atoms with Crippen LogP contribution in [0.5, 0.6) is 0 Å². The topological polar surface area (TPSA) is 142 Å². The maximum atomic E-state index is 13.5. The first kappa shape index (κ1) is 30.0. The third-order valence-electron chi connectivity index (χ3n) is 7.48. The van der Waals surface area contributed by atoms with Crippen LogP contribution in [-0.2, 0) is 16.1 Å². The maximum absolute atomic E-state index is 13.5. The number of anilines is 2. The molecular formula is C29H33Cl2N7O4. The van der Waals surface area contributed by atoms with Gasteiger partial charge in [0, 0.05) is 55.2 Å². The first-order valence-electron chi connectivity index (χ1n) is 13.9. The standard InChI is InChI=1S/C29H33Cl2N7O4/c1-3-32-25-11-21(22(30)12-33-25)24(15-39)36-27(40)16(2)38-14-18-5-4-17(10-20(18)28(38)41)26-23(31)13-34-29(37-26)35-19-6-8-42-9-7-19/h4-5,10-13,16,19,24,39H,3,6-9,14-15H2,1-2H3,(H,32,33)(H,36,40)(H,34,35,37)/t16-,24-/m1/s1. The Kier molecular flexibility index (Phi) is 9.42. The van der Waals surface area contributed by atoms with Crippen LogP contribution in [0.2, 0.25) is 10.0 Å². The molecule has 0 unspecified atom stereocenters. The number of carbonyl (C=O) groups excluding carboxylic acids is 2. The van der Waals surface area contributed by atoms with Crippen molar-refractivity contribution in [2.75, 3.05) is 37.0 Å². The van der Waals surface area contributed by atoms with Crippen molar-refractivity contribution in [3.05, 3.63) is 63.4 Å². The van der Waals surface area contributed by atoms with Gasteiger partial charge in [0.05, 0.1) is 34.6 Å².